The molecule has 0 spiro atoms. The zero-order chi connectivity index (χ0) is 28.7. The molecule has 0 aliphatic rings. The molecule has 0 saturated heterocycles. The first-order valence-electron chi connectivity index (χ1n) is 14.1. The molecule has 0 saturated carbocycles. The molecule has 5 aromatic rings. The van der Waals surface area contributed by atoms with Crippen LogP contribution < -0.4 is 0 Å². The van der Waals surface area contributed by atoms with Crippen molar-refractivity contribution in [1.82, 2.24) is 14.1 Å². The number of phenolic OH excluding ortho intramolecular Hbond substituents is 3. The number of hydrogen-bond acceptors (Lipinski definition) is 3. The van der Waals surface area contributed by atoms with Crippen molar-refractivity contribution in [3.63, 3.8) is 0 Å². The van der Waals surface area contributed by atoms with Gasteiger partial charge in [0.2, 0.25) is 0 Å². The highest BCUT2D eigenvalue weighted by Gasteiger charge is 2.28. The third-order valence-electron chi connectivity index (χ3n) is 7.77. The van der Waals surface area contributed by atoms with Gasteiger partial charge >= 0.3 is 0 Å². The normalized spacial score (nSPS) is 12.4. The summed E-state index contributed by atoms with van der Waals surface area (Å²) in [7, 11) is 0. The Bertz CT molecular complexity index is 1520. The minimum absolute atomic E-state index is 0.119. The Morgan fingerprint density at radius 3 is 1.85 bits per heavy atom. The molecule has 0 aliphatic heterocycles. The number of nitrogens with zero attached hydrogens (tertiary/aromatic N) is 3. The second-order valence-corrected chi connectivity index (χ2v) is 12.6. The lowest BCUT2D eigenvalue weighted by Gasteiger charge is -2.29. The Morgan fingerprint density at radius 2 is 1.28 bits per heavy atom. The zero-order valence-electron chi connectivity index (χ0n) is 24.8. The Labute approximate surface area is 232 Å². The molecule has 5 rings (SSSR count). The van der Waals surface area contributed by atoms with Crippen LogP contribution in [0.5, 0.6) is 17.2 Å². The quantitative estimate of drug-likeness (QED) is 0.146. The molecular weight excluding hydrogens is 486 g/mol. The van der Waals surface area contributed by atoms with Gasteiger partial charge in [0.25, 0.3) is 0 Å². The van der Waals surface area contributed by atoms with E-state index in [4.69, 9.17) is 0 Å². The van der Waals surface area contributed by atoms with E-state index in [1.807, 2.05) is 72.9 Å². The fraction of sp³-hybridized carbons (Fsp3) is 0.455. The van der Waals surface area contributed by atoms with Crippen molar-refractivity contribution in [3.8, 4) is 22.9 Å². The van der Waals surface area contributed by atoms with Crippen molar-refractivity contribution in [2.45, 2.75) is 98.3 Å². The summed E-state index contributed by atoms with van der Waals surface area (Å²) in [4.78, 5) is 1.99. The standard InChI is InChI=1S/C19H32O2.C14H13N3O/c1-7-8-9-10-11-19(5,6)15-13-16(20)14(12-17(15)21)18(2,3)4;1-9-7-10(2)14(18)13(8-9)17-15-11-5-3-4-6-12(11)16(15)17/h12-13,20-21H,7-11H2,1-6H3;3-8,18H,1-2H3. The van der Waals surface area contributed by atoms with Crippen molar-refractivity contribution < 1.29 is 15.3 Å². The molecule has 39 heavy (non-hydrogen) atoms. The Hall–Kier alpha value is -3.54. The van der Waals surface area contributed by atoms with Crippen LogP contribution in [0, 0.1) is 13.8 Å². The Balaban J connectivity index is 0.000000182. The van der Waals surface area contributed by atoms with Crippen LogP contribution in [0.25, 0.3) is 16.7 Å². The SMILES string of the molecule is CCCCCCC(C)(C)c1cc(O)c(C(C)(C)C)cc1O.Cc1cc(C)c(O)c(-n2n3c4ccccc4n23)c1. The van der Waals surface area contributed by atoms with Gasteiger partial charge in [0, 0.05) is 11.1 Å². The average Bonchev–Trinajstić information content (AvgIpc) is 3.52. The van der Waals surface area contributed by atoms with Crippen LogP contribution >= 0.6 is 0 Å². The summed E-state index contributed by atoms with van der Waals surface area (Å²) in [5.74, 6) is 0.941. The van der Waals surface area contributed by atoms with Gasteiger partial charge in [-0.2, -0.15) is 0 Å². The predicted octanol–water partition coefficient (Wildman–Crippen LogP) is 8.39. The Morgan fingerprint density at radius 1 is 0.718 bits per heavy atom. The Kier molecular flexibility index (Phi) is 7.70. The van der Waals surface area contributed by atoms with Crippen LogP contribution in [0.1, 0.15) is 95.9 Å². The number of phenols is 3. The van der Waals surface area contributed by atoms with Crippen LogP contribution in [0.2, 0.25) is 0 Å². The highest BCUT2D eigenvalue weighted by Crippen LogP contribution is 2.42. The maximum atomic E-state index is 10.4. The minimum atomic E-state index is -0.175. The van der Waals surface area contributed by atoms with Gasteiger partial charge < -0.3 is 15.3 Å². The number of aromatic hydroxyl groups is 3. The van der Waals surface area contributed by atoms with E-state index < -0.39 is 0 Å². The lowest BCUT2D eigenvalue weighted by molar-refractivity contribution is 0.393. The van der Waals surface area contributed by atoms with Gasteiger partial charge in [-0.1, -0.05) is 85.4 Å². The fourth-order valence-corrected chi connectivity index (χ4v) is 5.44. The third kappa shape index (κ3) is 5.61. The molecular formula is C33H45N3O3. The van der Waals surface area contributed by atoms with E-state index in [9.17, 15) is 15.3 Å². The summed E-state index contributed by atoms with van der Waals surface area (Å²) in [6, 6.07) is 15.7. The number of rotatable bonds is 7. The number of unbranched alkanes of at least 4 members (excludes halogenated alkanes) is 3. The molecule has 0 bridgehead atoms. The highest BCUT2D eigenvalue weighted by molar-refractivity contribution is 5.79. The number of hydrogen-bond donors (Lipinski definition) is 3. The molecule has 6 nitrogen and oxygen atoms in total. The molecule has 3 aromatic carbocycles. The summed E-state index contributed by atoms with van der Waals surface area (Å²) in [5, 5.41) is 30.9. The van der Waals surface area contributed by atoms with Crippen LogP contribution in [0.3, 0.4) is 0 Å². The van der Waals surface area contributed by atoms with E-state index in [2.05, 4.69) is 32.9 Å². The number of fused-ring (bicyclic) bond motifs is 4. The monoisotopic (exact) mass is 531 g/mol. The zero-order valence-corrected chi connectivity index (χ0v) is 24.8. The van der Waals surface area contributed by atoms with Crippen molar-refractivity contribution in [2.75, 3.05) is 0 Å². The van der Waals surface area contributed by atoms with Crippen LogP contribution in [0.15, 0.2) is 48.5 Å². The van der Waals surface area contributed by atoms with Crippen LogP contribution in [-0.4, -0.2) is 29.4 Å². The summed E-state index contributed by atoms with van der Waals surface area (Å²) < 4.78 is 4.09. The van der Waals surface area contributed by atoms with Gasteiger partial charge in [0.15, 0.2) is 0 Å². The summed E-state index contributed by atoms with van der Waals surface area (Å²) in [6.45, 7) is 16.6. The second-order valence-electron chi connectivity index (χ2n) is 12.6. The number of aryl methyl sites for hydroxylation is 2. The van der Waals surface area contributed by atoms with Crippen molar-refractivity contribution in [1.29, 1.82) is 0 Å². The molecule has 2 aromatic heterocycles. The molecule has 0 radical (unpaired) electrons. The van der Waals surface area contributed by atoms with Crippen LogP contribution in [0.4, 0.5) is 0 Å². The molecule has 0 amide bonds. The molecule has 0 atom stereocenters. The van der Waals surface area contributed by atoms with E-state index in [0.717, 1.165) is 40.8 Å². The van der Waals surface area contributed by atoms with Crippen molar-refractivity contribution >= 4 is 11.0 Å². The molecule has 0 fully saturated rings. The van der Waals surface area contributed by atoms with Gasteiger partial charge in [-0.05, 0) is 72.6 Å². The first kappa shape index (κ1) is 28.5. The van der Waals surface area contributed by atoms with Gasteiger partial charge in [0.05, 0.1) is 0 Å². The molecule has 0 unspecified atom stereocenters. The lowest BCUT2D eigenvalue weighted by Crippen LogP contribution is -2.19. The predicted molar refractivity (Wildman–Crippen MR) is 160 cm³/mol. The van der Waals surface area contributed by atoms with E-state index >= 15 is 0 Å². The van der Waals surface area contributed by atoms with E-state index in [1.54, 1.807) is 12.1 Å². The summed E-state index contributed by atoms with van der Waals surface area (Å²) >= 11 is 0. The molecule has 6 heteroatoms. The maximum absolute atomic E-state index is 10.4. The van der Waals surface area contributed by atoms with Crippen molar-refractivity contribution in [3.05, 3.63) is 70.8 Å². The number of benzene rings is 3. The maximum Gasteiger partial charge on any atom is 0.146 e. The lowest BCUT2D eigenvalue weighted by atomic mass is 9.77. The molecule has 2 heterocycles. The number of para-hydroxylation sites is 2. The van der Waals surface area contributed by atoms with E-state index in [0.29, 0.717) is 11.5 Å². The van der Waals surface area contributed by atoms with Crippen molar-refractivity contribution in [2.24, 2.45) is 0 Å². The van der Waals surface area contributed by atoms with E-state index in [-0.39, 0.29) is 16.6 Å². The molecule has 210 valence electrons. The van der Waals surface area contributed by atoms with Gasteiger partial charge in [-0.15, -0.1) is 14.1 Å². The minimum Gasteiger partial charge on any atom is -0.508 e. The highest BCUT2D eigenvalue weighted by atomic mass is 16.3. The second kappa shape index (κ2) is 10.6. The number of aromatic nitrogens is 3. The first-order valence-corrected chi connectivity index (χ1v) is 14.1. The first-order chi connectivity index (χ1) is 18.3. The summed E-state index contributed by atoms with van der Waals surface area (Å²) in [5.41, 5.74) is 6.60. The largest absolute Gasteiger partial charge is 0.508 e. The van der Waals surface area contributed by atoms with Gasteiger partial charge in [-0.25, -0.2) is 0 Å². The van der Waals surface area contributed by atoms with E-state index in [1.165, 1.54) is 30.3 Å². The summed E-state index contributed by atoms with van der Waals surface area (Å²) in [6.07, 6.45) is 5.90. The third-order valence-corrected chi connectivity index (χ3v) is 7.77. The fourth-order valence-electron chi connectivity index (χ4n) is 5.44. The van der Waals surface area contributed by atoms with Gasteiger partial charge in [0.1, 0.15) is 34.0 Å². The van der Waals surface area contributed by atoms with Gasteiger partial charge in [-0.3, -0.25) is 0 Å². The average molecular weight is 532 g/mol. The smallest absolute Gasteiger partial charge is 0.146 e. The topological polar surface area (TPSA) is 74.4 Å². The molecule has 0 aliphatic carbocycles. The van der Waals surface area contributed by atoms with Crippen LogP contribution in [-0.2, 0) is 10.8 Å². The molecule has 3 N–H and O–H groups in total.